The summed E-state index contributed by atoms with van der Waals surface area (Å²) in [6.45, 7) is 0. The first-order valence-electron chi connectivity index (χ1n) is 7.59. The van der Waals surface area contributed by atoms with Crippen LogP contribution in [0.2, 0.25) is 5.02 Å². The smallest absolute Gasteiger partial charge is 0.269 e. The molecule has 0 spiro atoms. The molecule has 2 aromatic carbocycles. The third-order valence-electron chi connectivity index (χ3n) is 3.54. The van der Waals surface area contributed by atoms with E-state index in [0.29, 0.717) is 28.5 Å². The van der Waals surface area contributed by atoms with Gasteiger partial charge in [-0.05, 0) is 36.2 Å². The minimum Gasteiger partial charge on any atom is -0.493 e. The fraction of sp³-hybridized carbons (Fsp3) is 0.222. The van der Waals surface area contributed by atoms with Crippen molar-refractivity contribution in [2.45, 2.75) is 12.8 Å². The van der Waals surface area contributed by atoms with Crippen LogP contribution in [-0.4, -0.2) is 26.0 Å². The van der Waals surface area contributed by atoms with Gasteiger partial charge in [0.25, 0.3) is 5.91 Å². The molecule has 0 bridgehead atoms. The molecular weight excluding hydrogens is 344 g/mol. The van der Waals surface area contributed by atoms with E-state index in [4.69, 9.17) is 21.1 Å². The first-order valence-corrected chi connectivity index (χ1v) is 7.97. The number of methoxy groups -OCH3 is 2. The van der Waals surface area contributed by atoms with Gasteiger partial charge in [0.05, 0.1) is 14.2 Å². The highest BCUT2D eigenvalue weighted by Crippen LogP contribution is 2.27. The Labute approximate surface area is 151 Å². The molecule has 0 atom stereocenters. The average Bonchev–Trinajstić information content (AvgIpc) is 2.64. The Kier molecular flexibility index (Phi) is 6.65. The van der Waals surface area contributed by atoms with Crippen LogP contribution < -0.4 is 20.3 Å². The molecule has 6 nitrogen and oxygen atoms in total. The number of hydrogen-bond donors (Lipinski definition) is 2. The summed E-state index contributed by atoms with van der Waals surface area (Å²) in [6.07, 6.45) is 0.688. The maximum Gasteiger partial charge on any atom is 0.269 e. The molecule has 0 heterocycles. The number of hydrogen-bond acceptors (Lipinski definition) is 4. The van der Waals surface area contributed by atoms with E-state index in [0.717, 1.165) is 5.56 Å². The molecule has 25 heavy (non-hydrogen) atoms. The number of amides is 2. The molecule has 0 saturated carbocycles. The van der Waals surface area contributed by atoms with Gasteiger partial charge >= 0.3 is 0 Å². The largest absolute Gasteiger partial charge is 0.493 e. The van der Waals surface area contributed by atoms with E-state index in [1.165, 1.54) is 20.3 Å². The zero-order valence-electron chi connectivity index (χ0n) is 14.0. The molecule has 0 aliphatic carbocycles. The fourth-order valence-corrected chi connectivity index (χ4v) is 2.42. The van der Waals surface area contributed by atoms with Crippen molar-refractivity contribution in [1.29, 1.82) is 0 Å². The van der Waals surface area contributed by atoms with Crippen LogP contribution in [0.4, 0.5) is 0 Å². The lowest BCUT2D eigenvalue weighted by molar-refractivity contribution is -0.121. The molecule has 2 amide bonds. The van der Waals surface area contributed by atoms with Gasteiger partial charge in [-0.1, -0.05) is 29.8 Å². The normalized spacial score (nSPS) is 10.0. The maximum absolute atomic E-state index is 12.1. The van der Waals surface area contributed by atoms with Crippen LogP contribution in [0.1, 0.15) is 22.3 Å². The van der Waals surface area contributed by atoms with E-state index in [1.807, 2.05) is 18.2 Å². The first kappa shape index (κ1) is 18.6. The Morgan fingerprint density at radius 3 is 2.40 bits per heavy atom. The molecular formula is C18H19ClN2O4. The first-order chi connectivity index (χ1) is 12.0. The third kappa shape index (κ3) is 5.12. The van der Waals surface area contributed by atoms with E-state index in [1.54, 1.807) is 18.2 Å². The molecule has 132 valence electrons. The molecule has 0 radical (unpaired) electrons. The number of carbonyl (C=O) groups is 2. The van der Waals surface area contributed by atoms with Gasteiger partial charge < -0.3 is 9.47 Å². The Morgan fingerprint density at radius 1 is 1.00 bits per heavy atom. The number of hydrazine groups is 1. The molecule has 0 aromatic heterocycles. The second-order valence-electron chi connectivity index (χ2n) is 5.16. The molecule has 2 N–H and O–H groups in total. The van der Waals surface area contributed by atoms with Crippen molar-refractivity contribution in [2.24, 2.45) is 0 Å². The predicted octanol–water partition coefficient (Wildman–Crippen LogP) is 2.75. The highest BCUT2D eigenvalue weighted by Gasteiger charge is 2.12. The molecule has 2 aromatic rings. The quantitative estimate of drug-likeness (QED) is 0.775. The highest BCUT2D eigenvalue weighted by molar-refractivity contribution is 6.31. The Bertz CT molecular complexity index is 764. The van der Waals surface area contributed by atoms with Crippen LogP contribution in [0, 0.1) is 0 Å². The van der Waals surface area contributed by atoms with E-state index < -0.39 is 5.91 Å². The SMILES string of the molecule is COc1ccc(C(=O)NNC(=O)CCc2ccccc2Cl)cc1OC. The summed E-state index contributed by atoms with van der Waals surface area (Å²) in [4.78, 5) is 24.0. The summed E-state index contributed by atoms with van der Waals surface area (Å²) in [5.74, 6) is 0.184. The van der Waals surface area contributed by atoms with E-state index in [2.05, 4.69) is 10.9 Å². The van der Waals surface area contributed by atoms with Gasteiger partial charge in [-0.25, -0.2) is 0 Å². The van der Waals surface area contributed by atoms with Crippen LogP contribution in [-0.2, 0) is 11.2 Å². The Hall–Kier alpha value is -2.73. The summed E-state index contributed by atoms with van der Waals surface area (Å²) in [5.41, 5.74) is 5.97. The number of nitrogens with one attached hydrogen (secondary N) is 2. The molecule has 0 aliphatic heterocycles. The number of aryl methyl sites for hydroxylation is 1. The van der Waals surface area contributed by atoms with Crippen molar-refractivity contribution in [3.8, 4) is 11.5 Å². The van der Waals surface area contributed by atoms with Crippen LogP contribution >= 0.6 is 11.6 Å². The lowest BCUT2D eigenvalue weighted by atomic mass is 10.1. The summed E-state index contributed by atoms with van der Waals surface area (Å²) < 4.78 is 10.3. The highest BCUT2D eigenvalue weighted by atomic mass is 35.5. The van der Waals surface area contributed by atoms with Crippen LogP contribution in [0.5, 0.6) is 11.5 Å². The summed E-state index contributed by atoms with van der Waals surface area (Å²) >= 11 is 6.04. The van der Waals surface area contributed by atoms with Crippen molar-refractivity contribution < 1.29 is 19.1 Å². The number of benzene rings is 2. The predicted molar refractivity (Wildman–Crippen MR) is 94.9 cm³/mol. The standard InChI is InChI=1S/C18H19ClN2O4/c1-24-15-9-7-13(11-16(15)25-2)18(23)21-20-17(22)10-8-12-5-3-4-6-14(12)19/h3-7,9,11H,8,10H2,1-2H3,(H,20,22)(H,21,23). The van der Waals surface area contributed by atoms with Crippen molar-refractivity contribution in [3.63, 3.8) is 0 Å². The lowest BCUT2D eigenvalue weighted by Gasteiger charge is -2.11. The maximum atomic E-state index is 12.1. The number of rotatable bonds is 6. The molecule has 2 rings (SSSR count). The third-order valence-corrected chi connectivity index (χ3v) is 3.91. The van der Waals surface area contributed by atoms with Crippen molar-refractivity contribution in [2.75, 3.05) is 14.2 Å². The molecule has 7 heteroatoms. The zero-order chi connectivity index (χ0) is 18.2. The minimum atomic E-state index is -0.452. The average molecular weight is 363 g/mol. The molecule has 0 saturated heterocycles. The number of ether oxygens (including phenoxy) is 2. The monoisotopic (exact) mass is 362 g/mol. The fourth-order valence-electron chi connectivity index (χ4n) is 2.19. The van der Waals surface area contributed by atoms with Crippen LogP contribution in [0.15, 0.2) is 42.5 Å². The number of halogens is 1. The van der Waals surface area contributed by atoms with E-state index in [9.17, 15) is 9.59 Å². The lowest BCUT2D eigenvalue weighted by Crippen LogP contribution is -2.41. The van der Waals surface area contributed by atoms with Gasteiger partial charge in [0.2, 0.25) is 5.91 Å². The zero-order valence-corrected chi connectivity index (χ0v) is 14.7. The Morgan fingerprint density at radius 2 is 1.72 bits per heavy atom. The van der Waals surface area contributed by atoms with Gasteiger partial charge in [-0.3, -0.25) is 20.4 Å². The molecule has 0 fully saturated rings. The Balaban J connectivity index is 1.87. The van der Waals surface area contributed by atoms with Gasteiger partial charge in [0.15, 0.2) is 11.5 Å². The second-order valence-corrected chi connectivity index (χ2v) is 5.57. The summed E-state index contributed by atoms with van der Waals surface area (Å²) in [5, 5.41) is 0.615. The minimum absolute atomic E-state index is 0.204. The van der Waals surface area contributed by atoms with Crippen LogP contribution in [0.25, 0.3) is 0 Å². The summed E-state index contributed by atoms with van der Waals surface area (Å²) in [6, 6.07) is 12.0. The topological polar surface area (TPSA) is 76.7 Å². The van der Waals surface area contributed by atoms with Crippen molar-refractivity contribution in [3.05, 3.63) is 58.6 Å². The molecule has 0 aliphatic rings. The van der Waals surface area contributed by atoms with Gasteiger partial charge in [-0.15, -0.1) is 0 Å². The van der Waals surface area contributed by atoms with Gasteiger partial charge in [0, 0.05) is 17.0 Å². The van der Waals surface area contributed by atoms with E-state index >= 15 is 0 Å². The van der Waals surface area contributed by atoms with Gasteiger partial charge in [-0.2, -0.15) is 0 Å². The van der Waals surface area contributed by atoms with E-state index in [-0.39, 0.29) is 12.3 Å². The summed E-state index contributed by atoms with van der Waals surface area (Å²) in [7, 11) is 2.99. The second kappa shape index (κ2) is 8.94. The number of carbonyl (C=O) groups excluding carboxylic acids is 2. The van der Waals surface area contributed by atoms with Crippen molar-refractivity contribution >= 4 is 23.4 Å². The van der Waals surface area contributed by atoms with Crippen LogP contribution in [0.3, 0.4) is 0 Å². The van der Waals surface area contributed by atoms with Crippen molar-refractivity contribution in [1.82, 2.24) is 10.9 Å². The van der Waals surface area contributed by atoms with Gasteiger partial charge in [0.1, 0.15) is 0 Å². The molecule has 0 unspecified atom stereocenters.